The third-order valence-corrected chi connectivity index (χ3v) is 9.09. The maximum atomic E-state index is 13.2. The highest BCUT2D eigenvalue weighted by molar-refractivity contribution is 8.00. The van der Waals surface area contributed by atoms with Crippen LogP contribution >= 0.6 is 11.8 Å². The van der Waals surface area contributed by atoms with Crippen LogP contribution in [0.3, 0.4) is 0 Å². The number of hydrogen-bond donors (Lipinski definition) is 2. The van der Waals surface area contributed by atoms with E-state index in [0.29, 0.717) is 16.7 Å². The van der Waals surface area contributed by atoms with Gasteiger partial charge in [0.2, 0.25) is 0 Å². The molecule has 6 heteroatoms. The molecule has 1 aromatic heterocycles. The van der Waals surface area contributed by atoms with Gasteiger partial charge in [0.15, 0.2) is 6.79 Å². The van der Waals surface area contributed by atoms with Gasteiger partial charge >= 0.3 is 0 Å². The van der Waals surface area contributed by atoms with Crippen molar-refractivity contribution in [3.8, 4) is 0 Å². The lowest BCUT2D eigenvalue weighted by molar-refractivity contribution is -0.0503. The van der Waals surface area contributed by atoms with Gasteiger partial charge in [-0.1, -0.05) is 24.8 Å². The molecular weight excluding hydrogens is 408 g/mol. The summed E-state index contributed by atoms with van der Waals surface area (Å²) >= 11 is 1.61. The second-order valence-corrected chi connectivity index (χ2v) is 11.3. The van der Waals surface area contributed by atoms with Gasteiger partial charge in [-0.15, -0.1) is 0 Å². The van der Waals surface area contributed by atoms with Crippen LogP contribution in [0.25, 0.3) is 0 Å². The molecule has 5 aliphatic rings. The van der Waals surface area contributed by atoms with Gasteiger partial charge in [0.1, 0.15) is 10.8 Å². The summed E-state index contributed by atoms with van der Waals surface area (Å²) in [7, 11) is 0. The fraction of sp³-hybridized carbons (Fsp3) is 0.600. The number of carbonyl (C=O) groups is 1. The molecule has 4 fully saturated rings. The molecule has 31 heavy (non-hydrogen) atoms. The van der Waals surface area contributed by atoms with Gasteiger partial charge in [-0.2, -0.15) is 0 Å². The van der Waals surface area contributed by atoms with Crippen molar-refractivity contribution in [2.24, 2.45) is 29.1 Å². The largest absolute Gasteiger partial charge is 0.468 e. The minimum atomic E-state index is -0.324. The smallest absolute Gasteiger partial charge is 0.254 e. The number of aromatic nitrogens is 1. The Hall–Kier alpha value is -1.79. The van der Waals surface area contributed by atoms with Gasteiger partial charge in [0.05, 0.1) is 5.56 Å². The maximum Gasteiger partial charge on any atom is 0.254 e. The van der Waals surface area contributed by atoms with Crippen LogP contribution in [-0.2, 0) is 4.74 Å². The van der Waals surface area contributed by atoms with E-state index < -0.39 is 0 Å². The van der Waals surface area contributed by atoms with Crippen molar-refractivity contribution in [1.29, 1.82) is 0 Å². The molecule has 166 valence electrons. The number of ether oxygens (including phenoxy) is 1. The van der Waals surface area contributed by atoms with Crippen molar-refractivity contribution in [3.63, 3.8) is 0 Å². The molecule has 4 bridgehead atoms. The summed E-state index contributed by atoms with van der Waals surface area (Å²) in [5, 5.41) is 13.2. The lowest BCUT2D eigenvalue weighted by atomic mass is 9.49. The Balaban J connectivity index is 1.24. The summed E-state index contributed by atoms with van der Waals surface area (Å²) < 4.78 is 5.19. The maximum absolute atomic E-state index is 13.2. The third kappa shape index (κ3) is 4.42. The van der Waals surface area contributed by atoms with E-state index in [1.165, 1.54) is 38.5 Å². The standard InChI is InChI=1S/C25H32N2O3S/c1-16-7-20(30-15-28)4-5-22(16)31-24-21(3-2-6-26-24)23(29)27-14-25-11-17-8-18(12-25)10-19(9-17)13-25/h2-7,16-19,22,28H,8-15H2,1H3,(H,27,29). The van der Waals surface area contributed by atoms with E-state index in [4.69, 9.17) is 9.84 Å². The van der Waals surface area contributed by atoms with Crippen LogP contribution in [0.2, 0.25) is 0 Å². The van der Waals surface area contributed by atoms with Crippen LogP contribution in [0.15, 0.2) is 47.3 Å². The van der Waals surface area contributed by atoms with Crippen molar-refractivity contribution >= 4 is 17.7 Å². The van der Waals surface area contributed by atoms with E-state index in [-0.39, 0.29) is 23.9 Å². The topological polar surface area (TPSA) is 71.5 Å². The van der Waals surface area contributed by atoms with E-state index in [9.17, 15) is 4.79 Å². The van der Waals surface area contributed by atoms with Gasteiger partial charge in [-0.05, 0) is 91.9 Å². The fourth-order valence-electron chi connectivity index (χ4n) is 6.75. The van der Waals surface area contributed by atoms with Crippen molar-refractivity contribution in [2.75, 3.05) is 13.3 Å². The highest BCUT2D eigenvalue weighted by Crippen LogP contribution is 2.59. The molecule has 0 saturated heterocycles. The van der Waals surface area contributed by atoms with E-state index in [1.54, 1.807) is 18.0 Å². The van der Waals surface area contributed by atoms with Crippen LogP contribution in [0, 0.1) is 29.1 Å². The van der Waals surface area contributed by atoms with Crippen molar-refractivity contribution in [3.05, 3.63) is 47.9 Å². The number of thioether (sulfide) groups is 1. The van der Waals surface area contributed by atoms with Crippen LogP contribution in [0.5, 0.6) is 0 Å². The number of aliphatic hydroxyl groups excluding tert-OH is 1. The molecule has 0 aliphatic heterocycles. The molecule has 0 spiro atoms. The molecule has 1 aromatic rings. The van der Waals surface area contributed by atoms with Crippen molar-refractivity contribution in [2.45, 2.75) is 55.7 Å². The molecule has 2 atom stereocenters. The third-order valence-electron chi connectivity index (χ3n) is 7.68. The monoisotopic (exact) mass is 440 g/mol. The van der Waals surface area contributed by atoms with E-state index >= 15 is 0 Å². The second kappa shape index (κ2) is 8.62. The van der Waals surface area contributed by atoms with Gasteiger partial charge in [0, 0.05) is 18.0 Å². The molecular formula is C25H32N2O3S. The highest BCUT2D eigenvalue weighted by atomic mass is 32.2. The molecule has 1 amide bonds. The number of aliphatic hydroxyl groups is 1. The summed E-state index contributed by atoms with van der Waals surface area (Å²) in [5.74, 6) is 3.56. The minimum absolute atomic E-state index is 0.00127. The van der Waals surface area contributed by atoms with E-state index in [1.807, 2.05) is 24.3 Å². The van der Waals surface area contributed by atoms with Gasteiger partial charge in [-0.3, -0.25) is 4.79 Å². The molecule has 5 aliphatic carbocycles. The van der Waals surface area contributed by atoms with E-state index in [0.717, 1.165) is 29.3 Å². The Kier molecular flexibility index (Phi) is 5.86. The quantitative estimate of drug-likeness (QED) is 0.609. The number of amides is 1. The number of nitrogens with one attached hydrogen (secondary N) is 1. The first-order chi connectivity index (χ1) is 15.0. The second-order valence-electron chi connectivity index (χ2n) is 10.1. The number of allylic oxidation sites excluding steroid dienone is 2. The number of hydrogen-bond acceptors (Lipinski definition) is 5. The van der Waals surface area contributed by atoms with Crippen LogP contribution in [-0.4, -0.2) is 34.6 Å². The average molecular weight is 441 g/mol. The zero-order chi connectivity index (χ0) is 21.4. The molecule has 6 rings (SSSR count). The Morgan fingerprint density at radius 1 is 1.26 bits per heavy atom. The fourth-order valence-corrected chi connectivity index (χ4v) is 7.87. The molecule has 4 saturated carbocycles. The first-order valence-electron chi connectivity index (χ1n) is 11.6. The lowest BCUT2D eigenvalue weighted by Gasteiger charge is -2.56. The highest BCUT2D eigenvalue weighted by Gasteiger charge is 2.50. The van der Waals surface area contributed by atoms with Crippen molar-refractivity contribution < 1.29 is 14.6 Å². The molecule has 2 unspecified atom stereocenters. The van der Waals surface area contributed by atoms with Crippen LogP contribution in [0.4, 0.5) is 0 Å². The number of rotatable bonds is 7. The first-order valence-corrected chi connectivity index (χ1v) is 12.4. The predicted molar refractivity (Wildman–Crippen MR) is 121 cm³/mol. The first kappa shape index (κ1) is 21.1. The van der Waals surface area contributed by atoms with Gasteiger partial charge in [0.25, 0.3) is 5.91 Å². The normalized spacial score (nSPS) is 35.7. The predicted octanol–water partition coefficient (Wildman–Crippen LogP) is 4.54. The number of nitrogens with zero attached hydrogens (tertiary/aromatic N) is 1. The average Bonchev–Trinajstić information content (AvgIpc) is 2.74. The summed E-state index contributed by atoms with van der Waals surface area (Å²) in [6.07, 6.45) is 15.8. The lowest BCUT2D eigenvalue weighted by Crippen LogP contribution is -2.51. The Labute approximate surface area is 188 Å². The zero-order valence-corrected chi connectivity index (χ0v) is 18.9. The van der Waals surface area contributed by atoms with Gasteiger partial charge < -0.3 is 15.2 Å². The Morgan fingerprint density at radius 2 is 1.97 bits per heavy atom. The summed E-state index contributed by atoms with van der Waals surface area (Å²) in [6, 6.07) is 3.73. The minimum Gasteiger partial charge on any atom is -0.468 e. The van der Waals surface area contributed by atoms with Crippen LogP contribution in [0.1, 0.15) is 55.8 Å². The number of pyridine rings is 1. The summed E-state index contributed by atoms with van der Waals surface area (Å²) in [4.78, 5) is 17.7. The Morgan fingerprint density at radius 3 is 2.61 bits per heavy atom. The molecule has 1 heterocycles. The molecule has 5 nitrogen and oxygen atoms in total. The number of carbonyl (C=O) groups excluding carboxylic acids is 1. The summed E-state index contributed by atoms with van der Waals surface area (Å²) in [5.41, 5.74) is 0.994. The SMILES string of the molecule is CC1C=C(OCO)C=CC1Sc1ncccc1C(=O)NCC12CC3CC(CC(C3)C1)C2. The molecule has 2 N–H and O–H groups in total. The van der Waals surface area contributed by atoms with Crippen molar-refractivity contribution in [1.82, 2.24) is 10.3 Å². The van der Waals surface area contributed by atoms with E-state index in [2.05, 4.69) is 23.3 Å². The Bertz CT molecular complexity index is 861. The van der Waals surface area contributed by atoms with Crippen LogP contribution < -0.4 is 5.32 Å². The molecule has 0 aromatic carbocycles. The summed E-state index contributed by atoms with van der Waals surface area (Å²) in [6.45, 7) is 2.59. The van der Waals surface area contributed by atoms with Gasteiger partial charge in [-0.25, -0.2) is 4.98 Å². The molecule has 0 radical (unpaired) electrons. The zero-order valence-electron chi connectivity index (χ0n) is 18.1.